The number of nitrogens with one attached hydrogen (secondary N) is 2. The SMILES string of the molecule is CCNc1ccc(C#Cc2c(C)nc(N)nc2-c2ccc(C(=O)NC)c(Cl)c2)c(C)n1. The van der Waals surface area contributed by atoms with E-state index in [0.29, 0.717) is 33.1 Å². The van der Waals surface area contributed by atoms with Gasteiger partial charge < -0.3 is 16.4 Å². The predicted octanol–water partition coefficient (Wildman–Crippen LogP) is 3.58. The fourth-order valence-corrected chi connectivity index (χ4v) is 3.30. The van der Waals surface area contributed by atoms with Gasteiger partial charge in [-0.2, -0.15) is 0 Å². The third-order valence-corrected chi connectivity index (χ3v) is 4.90. The first kappa shape index (κ1) is 22.1. The molecule has 3 rings (SSSR count). The molecular formula is C23H23ClN6O. The van der Waals surface area contributed by atoms with Crippen LogP contribution in [0.5, 0.6) is 0 Å². The lowest BCUT2D eigenvalue weighted by atomic mass is 10.0. The standard InChI is InChI=1S/C23H23ClN6O/c1-5-27-20-11-8-15(13(2)28-20)6-9-17-14(3)29-23(25)30-21(17)16-7-10-18(19(24)12-16)22(31)26-4/h7-8,10-12H,5H2,1-4H3,(H,26,31)(H,27,28)(H2,25,29,30). The van der Waals surface area contributed by atoms with Crippen LogP contribution in [0.4, 0.5) is 11.8 Å². The zero-order chi connectivity index (χ0) is 22.5. The van der Waals surface area contributed by atoms with Crippen molar-refractivity contribution in [2.75, 3.05) is 24.6 Å². The summed E-state index contributed by atoms with van der Waals surface area (Å²) in [6.07, 6.45) is 0. The Balaban J connectivity index is 2.08. The van der Waals surface area contributed by atoms with Crippen molar-refractivity contribution in [3.05, 3.63) is 63.4 Å². The van der Waals surface area contributed by atoms with Crippen LogP contribution in [0.15, 0.2) is 30.3 Å². The Kier molecular flexibility index (Phi) is 6.73. The lowest BCUT2D eigenvalue weighted by molar-refractivity contribution is 0.0963. The van der Waals surface area contributed by atoms with Gasteiger partial charge in [0.15, 0.2) is 0 Å². The van der Waals surface area contributed by atoms with E-state index in [1.807, 2.05) is 32.9 Å². The number of aryl methyl sites for hydroxylation is 2. The number of nitrogens with zero attached hydrogens (tertiary/aromatic N) is 3. The lowest BCUT2D eigenvalue weighted by Gasteiger charge is -2.10. The molecule has 0 bridgehead atoms. The van der Waals surface area contributed by atoms with Crippen molar-refractivity contribution in [2.45, 2.75) is 20.8 Å². The van der Waals surface area contributed by atoms with Crippen molar-refractivity contribution >= 4 is 29.3 Å². The molecule has 4 N–H and O–H groups in total. The highest BCUT2D eigenvalue weighted by Gasteiger charge is 2.15. The molecule has 0 saturated carbocycles. The van der Waals surface area contributed by atoms with E-state index < -0.39 is 0 Å². The molecule has 0 spiro atoms. The minimum Gasteiger partial charge on any atom is -0.370 e. The Labute approximate surface area is 186 Å². The Bertz CT molecular complexity index is 1210. The van der Waals surface area contributed by atoms with Gasteiger partial charge in [-0.1, -0.05) is 29.5 Å². The molecule has 8 heteroatoms. The molecule has 2 heterocycles. The van der Waals surface area contributed by atoms with Crippen LogP contribution in [-0.4, -0.2) is 34.5 Å². The van der Waals surface area contributed by atoms with Crippen LogP contribution in [0.3, 0.4) is 0 Å². The Morgan fingerprint density at radius 2 is 1.87 bits per heavy atom. The number of benzene rings is 1. The maximum absolute atomic E-state index is 11.9. The second kappa shape index (κ2) is 9.45. The van der Waals surface area contributed by atoms with Gasteiger partial charge in [0, 0.05) is 24.7 Å². The molecule has 3 aromatic rings. The van der Waals surface area contributed by atoms with Gasteiger partial charge in [0.2, 0.25) is 5.95 Å². The summed E-state index contributed by atoms with van der Waals surface area (Å²) in [6, 6.07) is 8.91. The van der Waals surface area contributed by atoms with Crippen LogP contribution in [0, 0.1) is 25.7 Å². The molecule has 2 aromatic heterocycles. The fourth-order valence-electron chi connectivity index (χ4n) is 3.04. The lowest BCUT2D eigenvalue weighted by Crippen LogP contribution is -2.18. The van der Waals surface area contributed by atoms with Crippen molar-refractivity contribution in [3.8, 4) is 23.1 Å². The molecule has 1 amide bonds. The minimum absolute atomic E-state index is 0.136. The molecule has 7 nitrogen and oxygen atoms in total. The van der Waals surface area contributed by atoms with Crippen LogP contribution >= 0.6 is 11.6 Å². The van der Waals surface area contributed by atoms with Crippen molar-refractivity contribution in [2.24, 2.45) is 0 Å². The first-order valence-electron chi connectivity index (χ1n) is 9.73. The number of anilines is 2. The highest BCUT2D eigenvalue weighted by Crippen LogP contribution is 2.28. The molecule has 0 fully saturated rings. The van der Waals surface area contributed by atoms with Gasteiger partial charge in [-0.15, -0.1) is 0 Å². The second-order valence-corrected chi connectivity index (χ2v) is 7.18. The monoisotopic (exact) mass is 434 g/mol. The maximum Gasteiger partial charge on any atom is 0.252 e. The van der Waals surface area contributed by atoms with Gasteiger partial charge in [-0.25, -0.2) is 15.0 Å². The maximum atomic E-state index is 11.9. The summed E-state index contributed by atoms with van der Waals surface area (Å²) in [5.41, 5.74) is 10.4. The van der Waals surface area contributed by atoms with Gasteiger partial charge >= 0.3 is 0 Å². The zero-order valence-corrected chi connectivity index (χ0v) is 18.6. The number of pyridine rings is 1. The van der Waals surface area contributed by atoms with Gasteiger partial charge in [-0.05, 0) is 45.0 Å². The highest BCUT2D eigenvalue weighted by molar-refractivity contribution is 6.34. The first-order valence-corrected chi connectivity index (χ1v) is 10.1. The molecule has 0 unspecified atom stereocenters. The zero-order valence-electron chi connectivity index (χ0n) is 17.8. The van der Waals surface area contributed by atoms with Crippen LogP contribution in [0.2, 0.25) is 5.02 Å². The van der Waals surface area contributed by atoms with Gasteiger partial charge in [0.05, 0.1) is 33.2 Å². The molecule has 0 radical (unpaired) electrons. The molecule has 0 aliphatic heterocycles. The Hall–Kier alpha value is -3.63. The number of amides is 1. The molecule has 1 aromatic carbocycles. The number of hydrogen-bond acceptors (Lipinski definition) is 6. The molecule has 0 aliphatic carbocycles. The summed E-state index contributed by atoms with van der Waals surface area (Å²) in [6.45, 7) is 6.55. The van der Waals surface area contributed by atoms with Gasteiger partial charge in [-0.3, -0.25) is 4.79 Å². The molecule has 158 valence electrons. The van der Waals surface area contributed by atoms with Crippen LogP contribution < -0.4 is 16.4 Å². The number of nitrogen functional groups attached to an aromatic ring is 1. The summed E-state index contributed by atoms with van der Waals surface area (Å²) in [5, 5.41) is 6.06. The number of aromatic nitrogens is 3. The summed E-state index contributed by atoms with van der Waals surface area (Å²) < 4.78 is 0. The average molecular weight is 435 g/mol. The van der Waals surface area contributed by atoms with E-state index in [-0.39, 0.29) is 11.9 Å². The van der Waals surface area contributed by atoms with E-state index in [1.165, 1.54) is 0 Å². The summed E-state index contributed by atoms with van der Waals surface area (Å²) >= 11 is 6.33. The van der Waals surface area contributed by atoms with Crippen molar-refractivity contribution in [1.82, 2.24) is 20.3 Å². The molecule has 0 aliphatic rings. The first-order chi connectivity index (χ1) is 14.8. The Morgan fingerprint density at radius 1 is 1.10 bits per heavy atom. The number of hydrogen-bond donors (Lipinski definition) is 3. The van der Waals surface area contributed by atoms with E-state index in [2.05, 4.69) is 37.4 Å². The average Bonchev–Trinajstić information content (AvgIpc) is 2.73. The number of carbonyl (C=O) groups is 1. The molecule has 0 saturated heterocycles. The molecule has 31 heavy (non-hydrogen) atoms. The van der Waals surface area contributed by atoms with Crippen LogP contribution in [0.1, 0.15) is 39.8 Å². The minimum atomic E-state index is -0.265. The number of carbonyl (C=O) groups excluding carboxylic acids is 1. The summed E-state index contributed by atoms with van der Waals surface area (Å²) in [7, 11) is 1.55. The van der Waals surface area contributed by atoms with Crippen LogP contribution in [0.25, 0.3) is 11.3 Å². The molecular weight excluding hydrogens is 412 g/mol. The summed E-state index contributed by atoms with van der Waals surface area (Å²) in [4.78, 5) is 25.1. The second-order valence-electron chi connectivity index (χ2n) is 6.77. The van der Waals surface area contributed by atoms with E-state index in [1.54, 1.807) is 25.2 Å². The highest BCUT2D eigenvalue weighted by atomic mass is 35.5. The number of halogens is 1. The normalized spacial score (nSPS) is 10.2. The van der Waals surface area contributed by atoms with Crippen LogP contribution in [-0.2, 0) is 0 Å². The van der Waals surface area contributed by atoms with E-state index in [0.717, 1.165) is 23.6 Å². The van der Waals surface area contributed by atoms with Crippen molar-refractivity contribution in [3.63, 3.8) is 0 Å². The van der Waals surface area contributed by atoms with Gasteiger partial charge in [0.25, 0.3) is 5.91 Å². The van der Waals surface area contributed by atoms with E-state index in [4.69, 9.17) is 17.3 Å². The predicted molar refractivity (Wildman–Crippen MR) is 124 cm³/mol. The van der Waals surface area contributed by atoms with Crippen molar-refractivity contribution < 1.29 is 4.79 Å². The van der Waals surface area contributed by atoms with E-state index in [9.17, 15) is 4.79 Å². The summed E-state index contributed by atoms with van der Waals surface area (Å²) in [5.74, 6) is 7.02. The fraction of sp³-hybridized carbons (Fsp3) is 0.217. The smallest absolute Gasteiger partial charge is 0.252 e. The number of rotatable bonds is 4. The Morgan fingerprint density at radius 3 is 2.52 bits per heavy atom. The quantitative estimate of drug-likeness (QED) is 0.542. The van der Waals surface area contributed by atoms with Gasteiger partial charge in [0.1, 0.15) is 5.82 Å². The largest absolute Gasteiger partial charge is 0.370 e. The van der Waals surface area contributed by atoms with Crippen molar-refractivity contribution in [1.29, 1.82) is 0 Å². The molecule has 0 atom stereocenters. The third kappa shape index (κ3) is 4.93. The number of nitrogens with two attached hydrogens (primary N) is 1. The topological polar surface area (TPSA) is 106 Å². The van der Waals surface area contributed by atoms with E-state index >= 15 is 0 Å². The third-order valence-electron chi connectivity index (χ3n) is 4.59.